The molecule has 5 heteroatoms. The van der Waals surface area contributed by atoms with Crippen molar-refractivity contribution in [2.24, 2.45) is 5.73 Å². The van der Waals surface area contributed by atoms with Gasteiger partial charge in [-0.2, -0.15) is 0 Å². The van der Waals surface area contributed by atoms with Gasteiger partial charge >= 0.3 is 0 Å². The van der Waals surface area contributed by atoms with Crippen molar-refractivity contribution in [3.8, 4) is 17.4 Å². The lowest BCUT2D eigenvalue weighted by Gasteiger charge is -2.09. The summed E-state index contributed by atoms with van der Waals surface area (Å²) in [6, 6.07) is 10.7. The Bertz CT molecular complexity index is 624. The molecule has 0 radical (unpaired) electrons. The zero-order valence-corrected chi connectivity index (χ0v) is 12.2. The molecule has 2 rings (SSSR count). The standard InChI is InChI=1S/C16H19N3O2/c1-3-8-20-13-4-6-14(7-5-13)21-15-10-12(16(17)18)9-11(2)19-15/h4-7,9-10H,3,8H2,1-2H3,(H3,17,18). The van der Waals surface area contributed by atoms with Crippen LogP contribution in [0.1, 0.15) is 24.6 Å². The molecule has 0 amide bonds. The molecule has 2 aromatic rings. The van der Waals surface area contributed by atoms with Gasteiger partial charge in [0, 0.05) is 17.3 Å². The highest BCUT2D eigenvalue weighted by atomic mass is 16.5. The summed E-state index contributed by atoms with van der Waals surface area (Å²) in [4.78, 5) is 4.28. The van der Waals surface area contributed by atoms with Crippen LogP contribution in [0.2, 0.25) is 0 Å². The minimum absolute atomic E-state index is 0.00587. The predicted octanol–water partition coefficient (Wildman–Crippen LogP) is 3.26. The topological polar surface area (TPSA) is 81.2 Å². The number of nitrogens with zero attached hydrogens (tertiary/aromatic N) is 1. The first-order chi connectivity index (χ1) is 10.1. The van der Waals surface area contributed by atoms with Crippen LogP contribution in [0.4, 0.5) is 0 Å². The molecule has 0 fully saturated rings. The Morgan fingerprint density at radius 3 is 2.48 bits per heavy atom. The fourth-order valence-corrected chi connectivity index (χ4v) is 1.79. The van der Waals surface area contributed by atoms with Gasteiger partial charge in [0.1, 0.15) is 17.3 Å². The third-order valence-electron chi connectivity index (χ3n) is 2.76. The Balaban J connectivity index is 2.12. The highest BCUT2D eigenvalue weighted by Gasteiger charge is 2.05. The van der Waals surface area contributed by atoms with Crippen molar-refractivity contribution in [1.82, 2.24) is 4.98 Å². The lowest BCUT2D eigenvalue weighted by molar-refractivity contribution is 0.317. The normalized spacial score (nSPS) is 10.2. The fraction of sp³-hybridized carbons (Fsp3) is 0.250. The molecule has 0 atom stereocenters. The average Bonchev–Trinajstić information content (AvgIpc) is 2.46. The summed E-state index contributed by atoms with van der Waals surface area (Å²) in [6.45, 7) is 4.59. The van der Waals surface area contributed by atoms with Crippen molar-refractivity contribution in [1.29, 1.82) is 5.41 Å². The molecule has 0 aliphatic heterocycles. The minimum Gasteiger partial charge on any atom is -0.494 e. The molecular formula is C16H19N3O2. The molecule has 1 aromatic carbocycles. The predicted molar refractivity (Wildman–Crippen MR) is 82.3 cm³/mol. The summed E-state index contributed by atoms with van der Waals surface area (Å²) in [5.74, 6) is 1.88. The van der Waals surface area contributed by atoms with E-state index in [1.54, 1.807) is 12.1 Å². The molecule has 0 bridgehead atoms. The number of rotatable bonds is 6. The van der Waals surface area contributed by atoms with Gasteiger partial charge in [-0.3, -0.25) is 5.41 Å². The van der Waals surface area contributed by atoms with Crippen molar-refractivity contribution in [2.75, 3.05) is 6.61 Å². The van der Waals surface area contributed by atoms with Crippen LogP contribution in [0.15, 0.2) is 36.4 Å². The van der Waals surface area contributed by atoms with Gasteiger partial charge in [0.05, 0.1) is 6.61 Å². The summed E-state index contributed by atoms with van der Waals surface area (Å²) < 4.78 is 11.2. The van der Waals surface area contributed by atoms with Crippen LogP contribution in [0.5, 0.6) is 17.4 Å². The number of amidine groups is 1. The van der Waals surface area contributed by atoms with Crippen LogP contribution in [0.25, 0.3) is 0 Å². The van der Waals surface area contributed by atoms with Crippen molar-refractivity contribution >= 4 is 5.84 Å². The maximum atomic E-state index is 7.48. The first-order valence-corrected chi connectivity index (χ1v) is 6.82. The van der Waals surface area contributed by atoms with Crippen LogP contribution >= 0.6 is 0 Å². The number of benzene rings is 1. The van der Waals surface area contributed by atoms with E-state index in [9.17, 15) is 0 Å². The van der Waals surface area contributed by atoms with E-state index in [-0.39, 0.29) is 5.84 Å². The summed E-state index contributed by atoms with van der Waals surface area (Å²) in [5.41, 5.74) is 6.84. The van der Waals surface area contributed by atoms with Crippen LogP contribution < -0.4 is 15.2 Å². The van der Waals surface area contributed by atoms with E-state index < -0.39 is 0 Å². The number of hydrogen-bond donors (Lipinski definition) is 2. The Morgan fingerprint density at radius 1 is 1.19 bits per heavy atom. The van der Waals surface area contributed by atoms with Crippen LogP contribution in [0.3, 0.4) is 0 Å². The highest BCUT2D eigenvalue weighted by Crippen LogP contribution is 2.23. The third-order valence-corrected chi connectivity index (χ3v) is 2.76. The largest absolute Gasteiger partial charge is 0.494 e. The Kier molecular flexibility index (Phi) is 4.77. The molecule has 110 valence electrons. The third kappa shape index (κ3) is 4.21. The quantitative estimate of drug-likeness (QED) is 0.630. The molecule has 21 heavy (non-hydrogen) atoms. The number of nitrogen functional groups attached to an aromatic ring is 1. The van der Waals surface area contributed by atoms with Crippen molar-refractivity contribution in [3.63, 3.8) is 0 Å². The van der Waals surface area contributed by atoms with E-state index in [0.717, 1.165) is 17.9 Å². The van der Waals surface area contributed by atoms with Gasteiger partial charge < -0.3 is 15.2 Å². The summed E-state index contributed by atoms with van der Waals surface area (Å²) in [5, 5.41) is 7.48. The van der Waals surface area contributed by atoms with Crippen LogP contribution in [-0.4, -0.2) is 17.4 Å². The summed E-state index contributed by atoms with van der Waals surface area (Å²) in [6.07, 6.45) is 0.972. The molecule has 1 heterocycles. The maximum Gasteiger partial charge on any atom is 0.220 e. The second-order valence-electron chi connectivity index (χ2n) is 4.67. The van der Waals surface area contributed by atoms with Gasteiger partial charge in [0.15, 0.2) is 0 Å². The second-order valence-corrected chi connectivity index (χ2v) is 4.67. The first-order valence-electron chi connectivity index (χ1n) is 6.82. The van der Waals surface area contributed by atoms with Crippen LogP contribution in [0, 0.1) is 12.3 Å². The van der Waals surface area contributed by atoms with Gasteiger partial charge in [-0.25, -0.2) is 4.98 Å². The van der Waals surface area contributed by atoms with E-state index in [1.165, 1.54) is 0 Å². The smallest absolute Gasteiger partial charge is 0.220 e. The van der Waals surface area contributed by atoms with Gasteiger partial charge in [-0.05, 0) is 43.7 Å². The van der Waals surface area contributed by atoms with Crippen LogP contribution in [-0.2, 0) is 0 Å². The summed E-state index contributed by atoms with van der Waals surface area (Å²) >= 11 is 0. The number of ether oxygens (including phenoxy) is 2. The lowest BCUT2D eigenvalue weighted by Crippen LogP contribution is -2.11. The van der Waals surface area contributed by atoms with Gasteiger partial charge in [-0.1, -0.05) is 6.92 Å². The van der Waals surface area contributed by atoms with Gasteiger partial charge in [0.2, 0.25) is 5.88 Å². The zero-order chi connectivity index (χ0) is 15.2. The molecule has 5 nitrogen and oxygen atoms in total. The fourth-order valence-electron chi connectivity index (χ4n) is 1.79. The number of hydrogen-bond acceptors (Lipinski definition) is 4. The van der Waals surface area contributed by atoms with Crippen molar-refractivity contribution < 1.29 is 9.47 Å². The zero-order valence-electron chi connectivity index (χ0n) is 12.2. The molecule has 0 aliphatic carbocycles. The molecule has 0 spiro atoms. The maximum absolute atomic E-state index is 7.48. The molecule has 0 saturated heterocycles. The Hall–Kier alpha value is -2.56. The highest BCUT2D eigenvalue weighted by molar-refractivity contribution is 5.95. The molecule has 0 unspecified atom stereocenters. The summed E-state index contributed by atoms with van der Waals surface area (Å²) in [7, 11) is 0. The van der Waals surface area contributed by atoms with Gasteiger partial charge in [0.25, 0.3) is 0 Å². The van der Waals surface area contributed by atoms with Gasteiger partial charge in [-0.15, -0.1) is 0 Å². The van der Waals surface area contributed by atoms with Crippen molar-refractivity contribution in [3.05, 3.63) is 47.7 Å². The molecule has 1 aromatic heterocycles. The van der Waals surface area contributed by atoms with E-state index in [2.05, 4.69) is 11.9 Å². The molecule has 3 N–H and O–H groups in total. The molecule has 0 aliphatic rings. The molecule has 0 saturated carbocycles. The monoisotopic (exact) mass is 285 g/mol. The van der Waals surface area contributed by atoms with E-state index in [1.807, 2.05) is 31.2 Å². The number of aryl methyl sites for hydroxylation is 1. The minimum atomic E-state index is -0.00587. The Morgan fingerprint density at radius 2 is 1.86 bits per heavy atom. The van der Waals surface area contributed by atoms with E-state index in [0.29, 0.717) is 23.8 Å². The number of pyridine rings is 1. The van der Waals surface area contributed by atoms with E-state index in [4.69, 9.17) is 20.6 Å². The van der Waals surface area contributed by atoms with Crippen molar-refractivity contribution in [2.45, 2.75) is 20.3 Å². The average molecular weight is 285 g/mol. The SMILES string of the molecule is CCCOc1ccc(Oc2cc(C(=N)N)cc(C)n2)cc1. The Labute approximate surface area is 124 Å². The lowest BCUT2D eigenvalue weighted by atomic mass is 10.2. The number of nitrogens with one attached hydrogen (secondary N) is 1. The molecular weight excluding hydrogens is 266 g/mol. The first kappa shape index (κ1) is 14.8. The number of aromatic nitrogens is 1. The number of nitrogens with two attached hydrogens (primary N) is 1. The van der Waals surface area contributed by atoms with E-state index >= 15 is 0 Å². The second kappa shape index (κ2) is 6.74.